The Morgan fingerprint density at radius 1 is 1.32 bits per heavy atom. The van der Waals surface area contributed by atoms with Crippen LogP contribution < -0.4 is 10.6 Å². The largest absolute Gasteiger partial charge is 0.393 e. The van der Waals surface area contributed by atoms with Crippen LogP contribution >= 0.6 is 15.9 Å². The lowest BCUT2D eigenvalue weighted by atomic mass is 9.98. The number of nitrogens with zero attached hydrogens (tertiary/aromatic N) is 1. The van der Waals surface area contributed by atoms with E-state index in [1.165, 1.54) is 0 Å². The number of fused-ring (bicyclic) bond motifs is 2. The van der Waals surface area contributed by atoms with Crippen molar-refractivity contribution in [2.24, 2.45) is 5.73 Å². The zero-order valence-electron chi connectivity index (χ0n) is 10.6. The summed E-state index contributed by atoms with van der Waals surface area (Å²) in [4.78, 5) is 2.16. The van der Waals surface area contributed by atoms with Crippen molar-refractivity contribution in [3.05, 3.63) is 28.0 Å². The Kier molecular flexibility index (Phi) is 3.53. The second kappa shape index (κ2) is 5.04. The summed E-state index contributed by atoms with van der Waals surface area (Å²) in [6.45, 7) is 0.323. The van der Waals surface area contributed by atoms with Crippen LogP contribution in [0, 0.1) is 5.82 Å². The van der Waals surface area contributed by atoms with E-state index in [-0.39, 0.29) is 24.0 Å². The van der Waals surface area contributed by atoms with Crippen LogP contribution in [0.4, 0.5) is 10.1 Å². The van der Waals surface area contributed by atoms with Crippen molar-refractivity contribution in [2.75, 3.05) is 4.90 Å². The van der Waals surface area contributed by atoms with Crippen LogP contribution in [0.3, 0.4) is 0 Å². The zero-order valence-corrected chi connectivity index (χ0v) is 12.2. The molecule has 2 aliphatic heterocycles. The number of rotatable bonds is 2. The number of hydrogen-bond acceptors (Lipinski definition) is 3. The standard InChI is InChI=1S/C14H18BrFN2O/c15-13-8(7-17)1-4-12(14(13)16)18-9-2-3-10(18)6-11(19)5-9/h1,4,9-11,19H,2-3,5-7,17H2. The van der Waals surface area contributed by atoms with E-state index in [9.17, 15) is 9.50 Å². The molecule has 2 aliphatic rings. The van der Waals surface area contributed by atoms with E-state index in [1.54, 1.807) is 0 Å². The van der Waals surface area contributed by atoms with Crippen LogP contribution in [-0.4, -0.2) is 23.3 Å². The third-order valence-corrected chi connectivity index (χ3v) is 5.21. The van der Waals surface area contributed by atoms with E-state index in [0.717, 1.165) is 31.2 Å². The molecule has 104 valence electrons. The van der Waals surface area contributed by atoms with Gasteiger partial charge in [0, 0.05) is 18.6 Å². The molecule has 2 unspecified atom stereocenters. The summed E-state index contributed by atoms with van der Waals surface area (Å²) < 4.78 is 15.0. The highest BCUT2D eigenvalue weighted by atomic mass is 79.9. The van der Waals surface area contributed by atoms with Gasteiger partial charge in [-0.25, -0.2) is 4.39 Å². The van der Waals surface area contributed by atoms with Crippen LogP contribution in [-0.2, 0) is 6.54 Å². The third-order valence-electron chi connectivity index (χ3n) is 4.35. The molecule has 3 rings (SSSR count). The number of nitrogens with two attached hydrogens (primary N) is 1. The molecule has 2 heterocycles. The molecule has 0 spiro atoms. The number of piperidine rings is 1. The van der Waals surface area contributed by atoms with Crippen LogP contribution in [0.5, 0.6) is 0 Å². The Bertz CT molecular complexity index is 483. The van der Waals surface area contributed by atoms with E-state index >= 15 is 0 Å². The van der Waals surface area contributed by atoms with Crippen molar-refractivity contribution in [3.8, 4) is 0 Å². The minimum atomic E-state index is -0.233. The molecule has 0 aliphatic carbocycles. The van der Waals surface area contributed by atoms with Crippen LogP contribution in [0.1, 0.15) is 31.2 Å². The summed E-state index contributed by atoms with van der Waals surface area (Å²) in [5, 5.41) is 9.81. The lowest BCUT2D eigenvalue weighted by Gasteiger charge is -2.39. The fourth-order valence-electron chi connectivity index (χ4n) is 3.48. The molecule has 0 radical (unpaired) electrons. The van der Waals surface area contributed by atoms with Gasteiger partial charge < -0.3 is 15.7 Å². The molecular formula is C14H18BrFN2O. The number of hydrogen-bond donors (Lipinski definition) is 2. The van der Waals surface area contributed by atoms with E-state index in [4.69, 9.17) is 5.73 Å². The number of aliphatic hydroxyl groups excluding tert-OH is 1. The molecule has 1 aromatic rings. The van der Waals surface area contributed by atoms with E-state index < -0.39 is 0 Å². The molecule has 19 heavy (non-hydrogen) atoms. The van der Waals surface area contributed by atoms with Gasteiger partial charge in [-0.2, -0.15) is 0 Å². The molecule has 2 atom stereocenters. The maximum atomic E-state index is 14.5. The highest BCUT2D eigenvalue weighted by Crippen LogP contribution is 2.41. The fraction of sp³-hybridized carbons (Fsp3) is 0.571. The topological polar surface area (TPSA) is 49.5 Å². The molecule has 2 bridgehead atoms. The SMILES string of the molecule is NCc1ccc(N2C3CCC2CC(O)C3)c(F)c1Br. The van der Waals surface area contributed by atoms with Gasteiger partial charge >= 0.3 is 0 Å². The minimum absolute atomic E-state index is 0.226. The summed E-state index contributed by atoms with van der Waals surface area (Å²) in [5.74, 6) is -0.226. The second-order valence-corrected chi connectivity index (χ2v) is 6.29. The van der Waals surface area contributed by atoms with E-state index in [2.05, 4.69) is 20.8 Å². The van der Waals surface area contributed by atoms with Crippen LogP contribution in [0.2, 0.25) is 0 Å². The van der Waals surface area contributed by atoms with Gasteiger partial charge in [-0.15, -0.1) is 0 Å². The molecule has 3 N–H and O–H groups in total. The molecule has 1 aromatic carbocycles. The smallest absolute Gasteiger partial charge is 0.160 e. The summed E-state index contributed by atoms with van der Waals surface area (Å²) in [6, 6.07) is 4.23. The number of aliphatic hydroxyl groups is 1. The summed E-state index contributed by atoms with van der Waals surface area (Å²) >= 11 is 3.30. The first-order valence-electron chi connectivity index (χ1n) is 6.75. The Morgan fingerprint density at radius 2 is 1.95 bits per heavy atom. The average molecular weight is 329 g/mol. The quantitative estimate of drug-likeness (QED) is 0.877. The third kappa shape index (κ3) is 2.18. The Balaban J connectivity index is 1.97. The van der Waals surface area contributed by atoms with Gasteiger partial charge in [-0.1, -0.05) is 6.07 Å². The van der Waals surface area contributed by atoms with Crippen molar-refractivity contribution in [3.63, 3.8) is 0 Å². The van der Waals surface area contributed by atoms with Crippen LogP contribution in [0.15, 0.2) is 16.6 Å². The predicted octanol–water partition coefficient (Wildman–Crippen LogP) is 2.54. The lowest BCUT2D eigenvalue weighted by Crippen LogP contribution is -2.45. The van der Waals surface area contributed by atoms with Gasteiger partial charge in [0.25, 0.3) is 0 Å². The first-order chi connectivity index (χ1) is 9.11. The van der Waals surface area contributed by atoms with Gasteiger partial charge in [0.15, 0.2) is 5.82 Å². The molecule has 2 fully saturated rings. The minimum Gasteiger partial charge on any atom is -0.393 e. The highest BCUT2D eigenvalue weighted by molar-refractivity contribution is 9.10. The Morgan fingerprint density at radius 3 is 2.53 bits per heavy atom. The normalized spacial score (nSPS) is 29.9. The average Bonchev–Trinajstić information content (AvgIpc) is 2.65. The summed E-state index contributed by atoms with van der Waals surface area (Å²) in [6.07, 6.45) is 3.33. The van der Waals surface area contributed by atoms with Gasteiger partial charge in [0.05, 0.1) is 16.3 Å². The fourth-order valence-corrected chi connectivity index (χ4v) is 3.98. The Hall–Kier alpha value is -0.650. The maximum Gasteiger partial charge on any atom is 0.160 e. The van der Waals surface area contributed by atoms with Crippen molar-refractivity contribution >= 4 is 21.6 Å². The molecule has 2 saturated heterocycles. The van der Waals surface area contributed by atoms with Crippen molar-refractivity contribution in [1.82, 2.24) is 0 Å². The number of benzene rings is 1. The zero-order chi connectivity index (χ0) is 13.6. The summed E-state index contributed by atoms with van der Waals surface area (Å²) in [7, 11) is 0. The number of anilines is 1. The molecule has 5 heteroatoms. The second-order valence-electron chi connectivity index (χ2n) is 5.49. The van der Waals surface area contributed by atoms with Gasteiger partial charge in [-0.3, -0.25) is 0 Å². The first-order valence-corrected chi connectivity index (χ1v) is 7.54. The molecule has 3 nitrogen and oxygen atoms in total. The monoisotopic (exact) mass is 328 g/mol. The molecular weight excluding hydrogens is 311 g/mol. The van der Waals surface area contributed by atoms with Crippen LogP contribution in [0.25, 0.3) is 0 Å². The van der Waals surface area contributed by atoms with Crippen molar-refractivity contribution in [1.29, 1.82) is 0 Å². The van der Waals surface area contributed by atoms with Crippen molar-refractivity contribution < 1.29 is 9.50 Å². The predicted molar refractivity (Wildman–Crippen MR) is 76.5 cm³/mol. The highest BCUT2D eigenvalue weighted by Gasteiger charge is 2.41. The summed E-state index contributed by atoms with van der Waals surface area (Å²) in [5.41, 5.74) is 7.01. The lowest BCUT2D eigenvalue weighted by molar-refractivity contribution is 0.126. The van der Waals surface area contributed by atoms with Crippen molar-refractivity contribution in [2.45, 2.75) is 50.4 Å². The van der Waals surface area contributed by atoms with Gasteiger partial charge in [0.1, 0.15) is 0 Å². The van der Waals surface area contributed by atoms with Gasteiger partial charge in [-0.05, 0) is 53.2 Å². The van der Waals surface area contributed by atoms with E-state index in [0.29, 0.717) is 16.7 Å². The Labute approximate surface area is 120 Å². The van der Waals surface area contributed by atoms with E-state index in [1.807, 2.05) is 12.1 Å². The molecule has 0 amide bonds. The van der Waals surface area contributed by atoms with Gasteiger partial charge in [0.2, 0.25) is 0 Å². The molecule has 0 saturated carbocycles. The first kappa shape index (κ1) is 13.3. The maximum absolute atomic E-state index is 14.5. The number of halogens is 2. The molecule has 0 aromatic heterocycles.